The minimum Gasteiger partial charge on any atom is -0.497 e. The fourth-order valence-electron chi connectivity index (χ4n) is 1.60. The average molecular weight is 279 g/mol. The summed E-state index contributed by atoms with van der Waals surface area (Å²) in [4.78, 5) is 23.3. The summed E-state index contributed by atoms with van der Waals surface area (Å²) in [6, 6.07) is 4.87. The summed E-state index contributed by atoms with van der Waals surface area (Å²) in [6.07, 6.45) is 1.13. The van der Waals surface area contributed by atoms with Crippen LogP contribution in [0.2, 0.25) is 0 Å². The second-order valence-corrected chi connectivity index (χ2v) is 4.31. The van der Waals surface area contributed by atoms with Gasteiger partial charge < -0.3 is 21.1 Å². The van der Waals surface area contributed by atoms with Crippen molar-refractivity contribution in [2.45, 2.75) is 19.8 Å². The second-order valence-electron chi connectivity index (χ2n) is 4.31. The maximum atomic E-state index is 12.0. The Morgan fingerprint density at radius 2 is 2.00 bits per heavy atom. The number of methoxy groups -OCH3 is 1. The van der Waals surface area contributed by atoms with Crippen molar-refractivity contribution in [2.24, 2.45) is 0 Å². The van der Waals surface area contributed by atoms with Gasteiger partial charge in [0.15, 0.2) is 0 Å². The van der Waals surface area contributed by atoms with Crippen molar-refractivity contribution in [3.05, 3.63) is 23.8 Å². The van der Waals surface area contributed by atoms with Gasteiger partial charge in [0.1, 0.15) is 5.75 Å². The van der Waals surface area contributed by atoms with Crippen molar-refractivity contribution in [3.8, 4) is 5.75 Å². The van der Waals surface area contributed by atoms with Gasteiger partial charge in [0, 0.05) is 25.2 Å². The lowest BCUT2D eigenvalue weighted by Gasteiger charge is -2.09. The topological polar surface area (TPSA) is 93.5 Å². The molecule has 0 spiro atoms. The van der Waals surface area contributed by atoms with Crippen LogP contribution in [0.3, 0.4) is 0 Å². The molecular formula is C14H21N3O3. The van der Waals surface area contributed by atoms with E-state index in [1.54, 1.807) is 18.2 Å². The fraction of sp³-hybridized carbons (Fsp3) is 0.429. The third-order valence-corrected chi connectivity index (χ3v) is 2.71. The Kier molecular flexibility index (Phi) is 6.36. The Hall–Kier alpha value is -2.24. The minimum atomic E-state index is -0.315. The molecule has 0 atom stereocenters. The van der Waals surface area contributed by atoms with Crippen LogP contribution in [0.15, 0.2) is 18.2 Å². The monoisotopic (exact) mass is 279 g/mol. The molecule has 1 rings (SSSR count). The number of ether oxygens (including phenoxy) is 1. The fourth-order valence-corrected chi connectivity index (χ4v) is 1.60. The molecule has 110 valence electrons. The first kappa shape index (κ1) is 15.8. The van der Waals surface area contributed by atoms with Crippen molar-refractivity contribution in [2.75, 3.05) is 25.9 Å². The van der Waals surface area contributed by atoms with Gasteiger partial charge >= 0.3 is 0 Å². The molecule has 0 radical (unpaired) electrons. The standard InChI is InChI=1S/C14H21N3O3/c1-3-7-16-13(18)6-8-17-14(19)11-9-10(20-2)4-5-12(11)15/h4-5,9H,3,6-8,15H2,1-2H3,(H,16,18)(H,17,19). The molecular weight excluding hydrogens is 258 g/mol. The average Bonchev–Trinajstić information content (AvgIpc) is 2.45. The van der Waals surface area contributed by atoms with Crippen LogP contribution in [0.5, 0.6) is 5.75 Å². The summed E-state index contributed by atoms with van der Waals surface area (Å²) in [5, 5.41) is 5.40. The Morgan fingerprint density at radius 1 is 1.25 bits per heavy atom. The summed E-state index contributed by atoms with van der Waals surface area (Å²) in [7, 11) is 1.52. The van der Waals surface area contributed by atoms with Gasteiger partial charge in [-0.15, -0.1) is 0 Å². The Labute approximate surface area is 118 Å². The lowest BCUT2D eigenvalue weighted by molar-refractivity contribution is -0.120. The Balaban J connectivity index is 2.49. The number of nitrogens with one attached hydrogen (secondary N) is 2. The smallest absolute Gasteiger partial charge is 0.253 e. The molecule has 0 bridgehead atoms. The van der Waals surface area contributed by atoms with Crippen molar-refractivity contribution in [1.82, 2.24) is 10.6 Å². The van der Waals surface area contributed by atoms with E-state index in [0.29, 0.717) is 23.5 Å². The lowest BCUT2D eigenvalue weighted by Crippen LogP contribution is -2.31. The number of carbonyl (C=O) groups is 2. The van der Waals surface area contributed by atoms with Gasteiger partial charge in [-0.25, -0.2) is 0 Å². The van der Waals surface area contributed by atoms with Crippen molar-refractivity contribution in [3.63, 3.8) is 0 Å². The van der Waals surface area contributed by atoms with E-state index in [9.17, 15) is 9.59 Å². The molecule has 0 fully saturated rings. The predicted octanol–water partition coefficient (Wildman–Crippen LogP) is 0.923. The predicted molar refractivity (Wildman–Crippen MR) is 77.7 cm³/mol. The van der Waals surface area contributed by atoms with E-state index in [1.807, 2.05) is 6.92 Å². The van der Waals surface area contributed by atoms with Crippen molar-refractivity contribution in [1.29, 1.82) is 0 Å². The highest BCUT2D eigenvalue weighted by molar-refractivity contribution is 5.99. The van der Waals surface area contributed by atoms with E-state index < -0.39 is 0 Å². The van der Waals surface area contributed by atoms with Crippen LogP contribution in [0.4, 0.5) is 5.69 Å². The number of hydrogen-bond acceptors (Lipinski definition) is 4. The molecule has 0 aliphatic heterocycles. The zero-order valence-electron chi connectivity index (χ0n) is 11.9. The third kappa shape index (κ3) is 4.79. The van der Waals surface area contributed by atoms with E-state index in [2.05, 4.69) is 10.6 Å². The zero-order chi connectivity index (χ0) is 15.0. The molecule has 0 saturated carbocycles. The van der Waals surface area contributed by atoms with Crippen LogP contribution in [0.1, 0.15) is 30.1 Å². The molecule has 0 aromatic heterocycles. The number of carbonyl (C=O) groups excluding carboxylic acids is 2. The summed E-state index contributed by atoms with van der Waals surface area (Å²) >= 11 is 0. The summed E-state index contributed by atoms with van der Waals surface area (Å²) in [5.41, 5.74) is 6.47. The molecule has 1 aromatic rings. The molecule has 0 aliphatic carbocycles. The zero-order valence-corrected chi connectivity index (χ0v) is 11.9. The number of anilines is 1. The van der Waals surface area contributed by atoms with Gasteiger partial charge in [-0.1, -0.05) is 6.92 Å². The quantitative estimate of drug-likeness (QED) is 0.647. The number of nitrogen functional groups attached to an aromatic ring is 1. The van der Waals surface area contributed by atoms with Gasteiger partial charge in [0.2, 0.25) is 5.91 Å². The van der Waals surface area contributed by atoms with Crippen LogP contribution in [0, 0.1) is 0 Å². The number of rotatable bonds is 7. The maximum Gasteiger partial charge on any atom is 0.253 e. The highest BCUT2D eigenvalue weighted by atomic mass is 16.5. The van der Waals surface area contributed by atoms with Gasteiger partial charge in [0.05, 0.1) is 12.7 Å². The maximum absolute atomic E-state index is 12.0. The first-order valence-corrected chi connectivity index (χ1v) is 6.57. The summed E-state index contributed by atoms with van der Waals surface area (Å²) in [5.74, 6) is 0.167. The Morgan fingerprint density at radius 3 is 2.65 bits per heavy atom. The number of nitrogens with two attached hydrogens (primary N) is 1. The van der Waals surface area contributed by atoms with Gasteiger partial charge in [0.25, 0.3) is 5.91 Å². The third-order valence-electron chi connectivity index (χ3n) is 2.71. The first-order valence-electron chi connectivity index (χ1n) is 6.57. The molecule has 6 nitrogen and oxygen atoms in total. The molecule has 0 unspecified atom stereocenters. The van der Waals surface area contributed by atoms with Gasteiger partial charge in [-0.3, -0.25) is 9.59 Å². The number of benzene rings is 1. The minimum absolute atomic E-state index is 0.0780. The molecule has 0 heterocycles. The normalized spacial score (nSPS) is 9.90. The molecule has 6 heteroatoms. The van der Waals surface area contributed by atoms with Crippen LogP contribution in [-0.2, 0) is 4.79 Å². The molecule has 20 heavy (non-hydrogen) atoms. The molecule has 0 aliphatic rings. The van der Waals surface area contributed by atoms with Crippen LogP contribution in [0.25, 0.3) is 0 Å². The first-order chi connectivity index (χ1) is 9.58. The van der Waals surface area contributed by atoms with E-state index in [1.165, 1.54) is 7.11 Å². The van der Waals surface area contributed by atoms with E-state index >= 15 is 0 Å². The highest BCUT2D eigenvalue weighted by Crippen LogP contribution is 2.19. The molecule has 0 saturated heterocycles. The molecule has 2 amide bonds. The van der Waals surface area contributed by atoms with Crippen LogP contribution < -0.4 is 21.1 Å². The summed E-state index contributed by atoms with van der Waals surface area (Å²) < 4.78 is 5.05. The van der Waals surface area contributed by atoms with Crippen molar-refractivity contribution < 1.29 is 14.3 Å². The highest BCUT2D eigenvalue weighted by Gasteiger charge is 2.11. The summed E-state index contributed by atoms with van der Waals surface area (Å²) in [6.45, 7) is 2.90. The van der Waals surface area contributed by atoms with E-state index in [4.69, 9.17) is 10.5 Å². The SMILES string of the molecule is CCCNC(=O)CCNC(=O)c1cc(OC)ccc1N. The van der Waals surface area contributed by atoms with Gasteiger partial charge in [-0.2, -0.15) is 0 Å². The van der Waals surface area contributed by atoms with E-state index in [0.717, 1.165) is 6.42 Å². The Bertz CT molecular complexity index is 475. The number of amides is 2. The molecule has 1 aromatic carbocycles. The van der Waals surface area contributed by atoms with Crippen LogP contribution >= 0.6 is 0 Å². The van der Waals surface area contributed by atoms with Crippen LogP contribution in [-0.4, -0.2) is 32.0 Å². The van der Waals surface area contributed by atoms with Crippen molar-refractivity contribution >= 4 is 17.5 Å². The van der Waals surface area contributed by atoms with E-state index in [-0.39, 0.29) is 24.8 Å². The van der Waals surface area contributed by atoms with Gasteiger partial charge in [-0.05, 0) is 24.6 Å². The second kappa shape index (κ2) is 8.04. The largest absolute Gasteiger partial charge is 0.497 e. The number of hydrogen-bond donors (Lipinski definition) is 3. The molecule has 4 N–H and O–H groups in total. The lowest BCUT2D eigenvalue weighted by atomic mass is 10.1.